The summed E-state index contributed by atoms with van der Waals surface area (Å²) in [6.45, 7) is 3.31. The molecule has 186 valence electrons. The quantitative estimate of drug-likeness (QED) is 0.184. The lowest BCUT2D eigenvalue weighted by Gasteiger charge is -2.15. The highest BCUT2D eigenvalue weighted by atomic mass is 35.5. The minimum Gasteiger partial charge on any atom is -0.493 e. The molecule has 0 bridgehead atoms. The van der Waals surface area contributed by atoms with Crippen LogP contribution in [-0.2, 0) is 13.2 Å². The lowest BCUT2D eigenvalue weighted by molar-refractivity contribution is 0.270. The molecule has 0 unspecified atom stereocenters. The lowest BCUT2D eigenvalue weighted by atomic mass is 10.1. The Morgan fingerprint density at radius 3 is 2.47 bits per heavy atom. The van der Waals surface area contributed by atoms with Gasteiger partial charge in [0.15, 0.2) is 23.0 Å². The molecule has 4 aromatic rings. The number of benzene rings is 4. The molecule has 0 saturated heterocycles. The number of hydrogen-bond acceptors (Lipinski definition) is 6. The number of nitrogens with zero attached hydrogens (tertiary/aromatic N) is 1. The van der Waals surface area contributed by atoms with Crippen molar-refractivity contribution in [3.05, 3.63) is 94.5 Å². The van der Waals surface area contributed by atoms with Crippen LogP contribution in [0.3, 0.4) is 0 Å². The maximum Gasteiger partial charge on any atom is 0.180 e. The summed E-state index contributed by atoms with van der Waals surface area (Å²) in [7, 11) is 3.23. The van der Waals surface area contributed by atoms with E-state index in [1.54, 1.807) is 20.4 Å². The number of hydrogen-bond donors (Lipinski definition) is 1. The molecule has 0 aromatic heterocycles. The molecule has 1 N–H and O–H groups in total. The van der Waals surface area contributed by atoms with Crippen LogP contribution in [0.15, 0.2) is 77.9 Å². The van der Waals surface area contributed by atoms with Crippen molar-refractivity contribution in [1.82, 2.24) is 5.43 Å². The highest BCUT2D eigenvalue weighted by Gasteiger charge is 2.13. The Morgan fingerprint density at radius 1 is 0.861 bits per heavy atom. The zero-order valence-electron chi connectivity index (χ0n) is 20.6. The molecular weight excluding hydrogens is 476 g/mol. The van der Waals surface area contributed by atoms with E-state index < -0.39 is 0 Å². The van der Waals surface area contributed by atoms with Crippen LogP contribution in [0.25, 0.3) is 10.8 Å². The van der Waals surface area contributed by atoms with E-state index in [1.165, 1.54) is 5.39 Å². The van der Waals surface area contributed by atoms with Gasteiger partial charge in [-0.3, -0.25) is 0 Å². The molecular formula is C29H29ClN2O4. The summed E-state index contributed by atoms with van der Waals surface area (Å²) in [4.78, 5) is 0. The van der Waals surface area contributed by atoms with Crippen molar-refractivity contribution >= 4 is 28.6 Å². The molecule has 0 aliphatic carbocycles. The van der Waals surface area contributed by atoms with Gasteiger partial charge in [-0.25, -0.2) is 0 Å². The van der Waals surface area contributed by atoms with Gasteiger partial charge in [0.2, 0.25) is 0 Å². The summed E-state index contributed by atoms with van der Waals surface area (Å²) >= 11 is 6.61. The number of methoxy groups -OCH3 is 2. The van der Waals surface area contributed by atoms with Gasteiger partial charge in [-0.1, -0.05) is 60.1 Å². The van der Waals surface area contributed by atoms with Gasteiger partial charge in [0.25, 0.3) is 0 Å². The van der Waals surface area contributed by atoms with E-state index in [-0.39, 0.29) is 0 Å². The number of rotatable bonds is 11. The van der Waals surface area contributed by atoms with Gasteiger partial charge in [-0.05, 0) is 58.7 Å². The van der Waals surface area contributed by atoms with Crippen LogP contribution in [0.5, 0.6) is 23.0 Å². The second-order valence-electron chi connectivity index (χ2n) is 7.97. The van der Waals surface area contributed by atoms with Crippen molar-refractivity contribution in [2.75, 3.05) is 20.8 Å². The summed E-state index contributed by atoms with van der Waals surface area (Å²) < 4.78 is 22.6. The molecule has 0 aliphatic rings. The van der Waals surface area contributed by atoms with Crippen molar-refractivity contribution in [3.63, 3.8) is 0 Å². The molecule has 0 amide bonds. The number of fused-ring (bicyclic) bond motifs is 1. The second kappa shape index (κ2) is 12.2. The van der Waals surface area contributed by atoms with Crippen molar-refractivity contribution in [2.45, 2.75) is 20.1 Å². The van der Waals surface area contributed by atoms with Crippen LogP contribution in [0.2, 0.25) is 5.02 Å². The van der Waals surface area contributed by atoms with Gasteiger partial charge in [0.1, 0.15) is 6.61 Å². The Hall–Kier alpha value is -3.90. The molecule has 36 heavy (non-hydrogen) atoms. The average Bonchev–Trinajstić information content (AvgIpc) is 2.90. The highest BCUT2D eigenvalue weighted by Crippen LogP contribution is 2.37. The highest BCUT2D eigenvalue weighted by molar-refractivity contribution is 6.32. The molecule has 0 atom stereocenters. The van der Waals surface area contributed by atoms with E-state index in [4.69, 9.17) is 30.5 Å². The third kappa shape index (κ3) is 6.01. The zero-order valence-corrected chi connectivity index (χ0v) is 21.3. The first-order valence-electron chi connectivity index (χ1n) is 11.7. The van der Waals surface area contributed by atoms with Crippen LogP contribution < -0.4 is 24.4 Å². The maximum atomic E-state index is 6.61. The van der Waals surface area contributed by atoms with Crippen LogP contribution in [0.1, 0.15) is 23.6 Å². The summed E-state index contributed by atoms with van der Waals surface area (Å²) in [5, 5.41) is 7.11. The van der Waals surface area contributed by atoms with E-state index in [0.29, 0.717) is 47.8 Å². The Kier molecular flexibility index (Phi) is 8.53. The lowest BCUT2D eigenvalue weighted by Crippen LogP contribution is -2.06. The van der Waals surface area contributed by atoms with Crippen LogP contribution >= 0.6 is 11.6 Å². The Balaban J connectivity index is 1.45. The van der Waals surface area contributed by atoms with Crippen molar-refractivity contribution < 1.29 is 18.9 Å². The fraction of sp³-hybridized carbons (Fsp3) is 0.207. The fourth-order valence-electron chi connectivity index (χ4n) is 3.88. The van der Waals surface area contributed by atoms with E-state index in [2.05, 4.69) is 34.8 Å². The molecule has 0 heterocycles. The van der Waals surface area contributed by atoms with Crippen molar-refractivity contribution in [2.24, 2.45) is 5.10 Å². The van der Waals surface area contributed by atoms with Gasteiger partial charge >= 0.3 is 0 Å². The molecule has 7 heteroatoms. The van der Waals surface area contributed by atoms with Gasteiger partial charge in [-0.15, -0.1) is 0 Å². The molecule has 4 aromatic carbocycles. The molecule has 6 nitrogen and oxygen atoms in total. The minimum absolute atomic E-state index is 0.376. The van der Waals surface area contributed by atoms with E-state index in [0.717, 1.165) is 22.1 Å². The molecule has 0 saturated carbocycles. The number of nitrogens with one attached hydrogen (secondary N) is 1. The van der Waals surface area contributed by atoms with Crippen LogP contribution in [0.4, 0.5) is 0 Å². The first-order valence-corrected chi connectivity index (χ1v) is 12.0. The molecule has 0 radical (unpaired) electrons. The average molecular weight is 505 g/mol. The van der Waals surface area contributed by atoms with Gasteiger partial charge in [0.05, 0.1) is 38.6 Å². The van der Waals surface area contributed by atoms with Gasteiger partial charge in [-0.2, -0.15) is 5.10 Å². The third-order valence-electron chi connectivity index (χ3n) is 5.62. The first-order chi connectivity index (χ1) is 17.6. The standard InChI is InChI=1S/C29H29ClN2O4/c1-4-35-28-16-21(18-32-31-17-20-12-13-26(33-2)27(15-20)34-3)14-25(30)29(28)36-19-23-10-7-9-22-8-5-6-11-24(22)23/h5-16,18,31H,4,17,19H2,1-3H3/b32-18+. The summed E-state index contributed by atoms with van der Waals surface area (Å²) in [5.74, 6) is 2.45. The molecule has 0 fully saturated rings. The molecule has 0 aliphatic heterocycles. The minimum atomic E-state index is 0.376. The largest absolute Gasteiger partial charge is 0.493 e. The number of halogens is 1. The SMILES string of the molecule is CCOc1cc(/C=N/NCc2ccc(OC)c(OC)c2)cc(Cl)c1OCc1cccc2ccccc12. The number of ether oxygens (including phenoxy) is 4. The van der Waals surface area contributed by atoms with E-state index in [9.17, 15) is 0 Å². The van der Waals surface area contributed by atoms with Crippen LogP contribution in [0, 0.1) is 0 Å². The molecule has 4 rings (SSSR count). The number of hydrazone groups is 1. The maximum absolute atomic E-state index is 6.61. The van der Waals surface area contributed by atoms with Crippen LogP contribution in [-0.4, -0.2) is 27.0 Å². The van der Waals surface area contributed by atoms with E-state index in [1.807, 2.05) is 55.5 Å². The topological polar surface area (TPSA) is 61.3 Å². The Bertz CT molecular complexity index is 1350. The van der Waals surface area contributed by atoms with Gasteiger partial charge in [0, 0.05) is 0 Å². The predicted molar refractivity (Wildman–Crippen MR) is 145 cm³/mol. The second-order valence-corrected chi connectivity index (χ2v) is 8.38. The smallest absolute Gasteiger partial charge is 0.180 e. The third-order valence-corrected chi connectivity index (χ3v) is 5.90. The van der Waals surface area contributed by atoms with Crippen molar-refractivity contribution in [1.29, 1.82) is 0 Å². The fourth-order valence-corrected chi connectivity index (χ4v) is 4.16. The molecule has 0 spiro atoms. The summed E-state index contributed by atoms with van der Waals surface area (Å²) in [6.07, 6.45) is 1.70. The zero-order chi connectivity index (χ0) is 25.3. The normalized spacial score (nSPS) is 11.0. The van der Waals surface area contributed by atoms with Gasteiger partial charge < -0.3 is 24.4 Å². The monoisotopic (exact) mass is 504 g/mol. The van der Waals surface area contributed by atoms with Crippen molar-refractivity contribution in [3.8, 4) is 23.0 Å². The summed E-state index contributed by atoms with van der Waals surface area (Å²) in [6, 6.07) is 23.8. The predicted octanol–water partition coefficient (Wildman–Crippen LogP) is 6.61. The Morgan fingerprint density at radius 2 is 1.67 bits per heavy atom. The van der Waals surface area contributed by atoms with E-state index >= 15 is 0 Å². The summed E-state index contributed by atoms with van der Waals surface area (Å²) in [5.41, 5.74) is 5.93. The Labute approximate surface area is 216 Å². The first kappa shape index (κ1) is 25.2.